The third-order valence-corrected chi connectivity index (χ3v) is 3.07. The minimum absolute atomic E-state index is 0.300. The second-order valence-electron chi connectivity index (χ2n) is 3.81. The molecule has 0 saturated carbocycles. The molecule has 0 spiro atoms. The zero-order chi connectivity index (χ0) is 14.7. The predicted octanol–water partition coefficient (Wildman–Crippen LogP) is 3.33. The van der Waals surface area contributed by atoms with Crippen LogP contribution in [0.15, 0.2) is 49.9 Å². The van der Waals surface area contributed by atoms with Gasteiger partial charge in [-0.1, -0.05) is 0 Å². The summed E-state index contributed by atoms with van der Waals surface area (Å²) < 4.78 is 10.4. The minimum Gasteiger partial charge on any atom is -0.409 e. The SMILES string of the molecule is O=[N+]([O-])c1ccc(/C=C/Sc2nnc(-c3ccc[nH]3)o2)o1. The highest BCUT2D eigenvalue weighted by Gasteiger charge is 2.10. The van der Waals surface area contributed by atoms with Crippen molar-refractivity contribution in [3.8, 4) is 11.6 Å². The Balaban J connectivity index is 1.64. The van der Waals surface area contributed by atoms with Gasteiger partial charge in [-0.2, -0.15) is 0 Å². The third-order valence-electron chi connectivity index (χ3n) is 2.43. The minimum atomic E-state index is -0.592. The highest BCUT2D eigenvalue weighted by molar-refractivity contribution is 8.02. The molecule has 0 unspecified atom stereocenters. The Kier molecular flexibility index (Phi) is 3.56. The van der Waals surface area contributed by atoms with Crippen LogP contribution in [0.4, 0.5) is 5.88 Å². The number of H-pyrrole nitrogens is 1. The summed E-state index contributed by atoms with van der Waals surface area (Å²) in [6, 6.07) is 6.45. The first kappa shape index (κ1) is 13.2. The van der Waals surface area contributed by atoms with E-state index in [1.54, 1.807) is 17.7 Å². The summed E-state index contributed by atoms with van der Waals surface area (Å²) in [6.07, 6.45) is 3.34. The molecule has 9 heteroatoms. The number of aromatic amines is 1. The van der Waals surface area contributed by atoms with Gasteiger partial charge in [0.05, 0.1) is 6.07 Å². The van der Waals surface area contributed by atoms with Crippen LogP contribution < -0.4 is 0 Å². The molecule has 0 aromatic carbocycles. The molecule has 106 valence electrons. The smallest absolute Gasteiger partial charge is 0.409 e. The number of thioether (sulfide) groups is 1. The summed E-state index contributed by atoms with van der Waals surface area (Å²) in [7, 11) is 0. The van der Waals surface area contributed by atoms with E-state index in [0.717, 1.165) is 5.69 Å². The first-order valence-corrected chi connectivity index (χ1v) is 6.65. The van der Waals surface area contributed by atoms with Crippen LogP contribution in [0.3, 0.4) is 0 Å². The molecule has 0 amide bonds. The van der Waals surface area contributed by atoms with Gasteiger partial charge in [0.25, 0.3) is 11.1 Å². The van der Waals surface area contributed by atoms with E-state index in [9.17, 15) is 10.1 Å². The van der Waals surface area contributed by atoms with Gasteiger partial charge in [-0.15, -0.1) is 10.2 Å². The number of nitrogens with one attached hydrogen (secondary N) is 1. The first-order valence-electron chi connectivity index (χ1n) is 5.77. The quantitative estimate of drug-likeness (QED) is 0.437. The van der Waals surface area contributed by atoms with Crippen LogP contribution in [0.1, 0.15) is 5.76 Å². The number of furan rings is 1. The van der Waals surface area contributed by atoms with Crippen molar-refractivity contribution in [2.75, 3.05) is 0 Å². The summed E-state index contributed by atoms with van der Waals surface area (Å²) in [5.74, 6) is 0.467. The maximum Gasteiger partial charge on any atom is 0.433 e. The summed E-state index contributed by atoms with van der Waals surface area (Å²) >= 11 is 1.19. The van der Waals surface area contributed by atoms with Gasteiger partial charge in [-0.05, 0) is 41.4 Å². The summed E-state index contributed by atoms with van der Waals surface area (Å²) in [4.78, 5) is 12.8. The van der Waals surface area contributed by atoms with Crippen molar-refractivity contribution in [2.45, 2.75) is 5.22 Å². The fourth-order valence-electron chi connectivity index (χ4n) is 1.52. The first-order chi connectivity index (χ1) is 10.2. The number of hydrogen-bond donors (Lipinski definition) is 1. The van der Waals surface area contributed by atoms with Crippen LogP contribution in [-0.4, -0.2) is 20.1 Å². The summed E-state index contributed by atoms with van der Waals surface area (Å²) in [6.45, 7) is 0. The predicted molar refractivity (Wildman–Crippen MR) is 74.3 cm³/mol. The Labute approximate surface area is 122 Å². The molecule has 3 rings (SSSR count). The number of hydrogen-bond acceptors (Lipinski definition) is 7. The third kappa shape index (κ3) is 3.03. The molecule has 0 saturated heterocycles. The fourth-order valence-corrected chi connectivity index (χ4v) is 2.05. The van der Waals surface area contributed by atoms with Crippen LogP contribution in [0.5, 0.6) is 0 Å². The molecule has 3 heterocycles. The molecule has 0 fully saturated rings. The lowest BCUT2D eigenvalue weighted by Crippen LogP contribution is -1.82. The summed E-state index contributed by atoms with van der Waals surface area (Å²) in [5.41, 5.74) is 0.736. The lowest BCUT2D eigenvalue weighted by molar-refractivity contribution is -0.402. The fraction of sp³-hybridized carbons (Fsp3) is 0. The monoisotopic (exact) mass is 304 g/mol. The molecular formula is C12H8N4O4S. The maximum atomic E-state index is 10.5. The number of nitro groups is 1. The Morgan fingerprint density at radius 1 is 1.29 bits per heavy atom. The zero-order valence-corrected chi connectivity index (χ0v) is 11.2. The van der Waals surface area contributed by atoms with Crippen LogP contribution in [-0.2, 0) is 0 Å². The molecule has 3 aromatic heterocycles. The van der Waals surface area contributed by atoms with Crippen LogP contribution in [0.2, 0.25) is 0 Å². The largest absolute Gasteiger partial charge is 0.433 e. The van der Waals surface area contributed by atoms with Gasteiger partial charge in [0.2, 0.25) is 0 Å². The molecule has 0 aliphatic rings. The van der Waals surface area contributed by atoms with E-state index < -0.39 is 4.92 Å². The van der Waals surface area contributed by atoms with Gasteiger partial charge in [0.1, 0.15) is 16.4 Å². The van der Waals surface area contributed by atoms with Gasteiger partial charge < -0.3 is 13.8 Å². The van der Waals surface area contributed by atoms with E-state index in [2.05, 4.69) is 15.2 Å². The van der Waals surface area contributed by atoms with E-state index in [1.807, 2.05) is 12.1 Å². The van der Waals surface area contributed by atoms with Crippen LogP contribution in [0.25, 0.3) is 17.7 Å². The van der Waals surface area contributed by atoms with Crippen molar-refractivity contribution in [3.63, 3.8) is 0 Å². The molecule has 0 aliphatic heterocycles. The van der Waals surface area contributed by atoms with Crippen molar-refractivity contribution < 1.29 is 13.8 Å². The van der Waals surface area contributed by atoms with Crippen molar-refractivity contribution in [2.24, 2.45) is 0 Å². The second-order valence-corrected chi connectivity index (χ2v) is 4.67. The van der Waals surface area contributed by atoms with Gasteiger partial charge in [0, 0.05) is 6.20 Å². The second kappa shape index (κ2) is 5.67. The van der Waals surface area contributed by atoms with Gasteiger partial charge >= 0.3 is 5.88 Å². The average molecular weight is 304 g/mol. The van der Waals surface area contributed by atoms with Crippen LogP contribution in [0, 0.1) is 10.1 Å². The molecule has 0 aliphatic carbocycles. The molecular weight excluding hydrogens is 296 g/mol. The number of nitrogens with zero attached hydrogens (tertiary/aromatic N) is 3. The van der Waals surface area contributed by atoms with Gasteiger partial charge in [0.15, 0.2) is 0 Å². The maximum absolute atomic E-state index is 10.5. The van der Waals surface area contributed by atoms with Crippen molar-refractivity contribution >= 4 is 23.7 Å². The van der Waals surface area contributed by atoms with E-state index in [4.69, 9.17) is 8.83 Å². The Morgan fingerprint density at radius 2 is 2.19 bits per heavy atom. The van der Waals surface area contributed by atoms with E-state index in [-0.39, 0.29) is 5.88 Å². The molecule has 0 bridgehead atoms. The molecule has 21 heavy (non-hydrogen) atoms. The molecule has 0 radical (unpaired) electrons. The van der Waals surface area contributed by atoms with Crippen molar-refractivity contribution in [1.29, 1.82) is 0 Å². The number of rotatable bonds is 5. The van der Waals surface area contributed by atoms with Crippen molar-refractivity contribution in [1.82, 2.24) is 15.2 Å². The highest BCUT2D eigenvalue weighted by Crippen LogP contribution is 2.24. The highest BCUT2D eigenvalue weighted by atomic mass is 32.2. The zero-order valence-electron chi connectivity index (χ0n) is 10.4. The lowest BCUT2D eigenvalue weighted by Gasteiger charge is -1.87. The molecule has 8 nitrogen and oxygen atoms in total. The Hall–Kier alpha value is -2.81. The number of aromatic nitrogens is 3. The standard InChI is InChI=1S/C12H8N4O4S/c17-16(18)10-4-3-8(19-10)5-7-21-12-15-14-11(20-12)9-2-1-6-13-9/h1-7,13H/b7-5+. The Bertz CT molecular complexity index is 775. The molecule has 0 atom stereocenters. The normalized spacial score (nSPS) is 11.2. The Morgan fingerprint density at radius 3 is 2.90 bits per heavy atom. The van der Waals surface area contributed by atoms with E-state index >= 15 is 0 Å². The molecule has 3 aromatic rings. The van der Waals surface area contributed by atoms with E-state index in [1.165, 1.54) is 23.9 Å². The van der Waals surface area contributed by atoms with Crippen molar-refractivity contribution in [3.05, 3.63) is 51.7 Å². The summed E-state index contributed by atoms with van der Waals surface area (Å²) in [5, 5.41) is 20.2. The lowest BCUT2D eigenvalue weighted by atomic mass is 10.4. The van der Waals surface area contributed by atoms with Gasteiger partial charge in [-0.3, -0.25) is 10.1 Å². The van der Waals surface area contributed by atoms with Crippen LogP contribution >= 0.6 is 11.8 Å². The van der Waals surface area contributed by atoms with E-state index in [0.29, 0.717) is 16.9 Å². The molecule has 1 N–H and O–H groups in total. The van der Waals surface area contributed by atoms with Gasteiger partial charge in [-0.25, -0.2) is 0 Å². The average Bonchev–Trinajstić information content (AvgIpc) is 3.20. The topological polar surface area (TPSA) is 111 Å².